The van der Waals surface area contributed by atoms with Gasteiger partial charge in [0.25, 0.3) is 0 Å². The number of aromatic nitrogens is 3. The Balaban J connectivity index is 0.000000114. The second-order valence-corrected chi connectivity index (χ2v) is 38.5. The number of fused-ring (bicyclic) bond motifs is 16. The normalized spacial score (nSPS) is 11.9. The van der Waals surface area contributed by atoms with E-state index in [4.69, 9.17) is 28.2 Å². The minimum atomic E-state index is -0.0978. The molecule has 0 saturated carbocycles. The zero-order valence-electron chi connectivity index (χ0n) is 81.9. The molecule has 0 fully saturated rings. The first-order valence-electron chi connectivity index (χ1n) is 50.6. The van der Waals surface area contributed by atoms with Gasteiger partial charge in [0.1, 0.15) is 16.6 Å². The molecule has 9 nitrogen and oxygen atoms in total. The number of benzene rings is 24. The van der Waals surface area contributed by atoms with Crippen LogP contribution < -0.4 is 14.7 Å². The Morgan fingerprint density at radius 3 is 0.866 bits per heavy atom. The summed E-state index contributed by atoms with van der Waals surface area (Å²) in [5.41, 5.74) is 37.3. The van der Waals surface area contributed by atoms with Crippen LogP contribution in [0.3, 0.4) is 0 Å². The second-order valence-electron chi connectivity index (χ2n) is 38.5. The van der Waals surface area contributed by atoms with E-state index in [1.807, 2.05) is 103 Å². The first kappa shape index (κ1) is 89.5. The summed E-state index contributed by atoms with van der Waals surface area (Å²) in [4.78, 5) is 21.5. The highest BCUT2D eigenvalue weighted by atomic mass is 16.4. The van der Waals surface area contributed by atoms with E-state index in [1.54, 1.807) is 0 Å². The number of anilines is 9. The summed E-state index contributed by atoms with van der Waals surface area (Å²) < 4.78 is 19.4. The van der Waals surface area contributed by atoms with E-state index in [9.17, 15) is 0 Å². The molecule has 9 heteroatoms. The van der Waals surface area contributed by atoms with E-state index in [0.29, 0.717) is 17.7 Å². The lowest BCUT2D eigenvalue weighted by molar-refractivity contribution is 0.622. The Morgan fingerprint density at radius 2 is 0.443 bits per heavy atom. The van der Waals surface area contributed by atoms with Crippen LogP contribution in [0.1, 0.15) is 25.0 Å². The number of para-hydroxylation sites is 2. The van der Waals surface area contributed by atoms with Crippen LogP contribution in [0.5, 0.6) is 0 Å². The van der Waals surface area contributed by atoms with Gasteiger partial charge in [-0.2, -0.15) is 0 Å². The lowest BCUT2D eigenvalue weighted by Crippen LogP contribution is -2.16. The van der Waals surface area contributed by atoms with Gasteiger partial charge < -0.3 is 28.0 Å². The van der Waals surface area contributed by atoms with Gasteiger partial charge in [-0.25, -0.2) is 15.0 Å². The Hall–Kier alpha value is -19.6. The lowest BCUT2D eigenvalue weighted by atomic mass is 9.82. The monoisotopic (exact) mass is 1910 g/mol. The third-order valence-electron chi connectivity index (χ3n) is 29.1. The highest BCUT2D eigenvalue weighted by Crippen LogP contribution is 2.53. The number of nitrogens with zero attached hydrogens (tertiary/aromatic N) is 6. The zero-order chi connectivity index (χ0) is 99.2. The van der Waals surface area contributed by atoms with Gasteiger partial charge in [-0.3, -0.25) is 0 Å². The second kappa shape index (κ2) is 38.6. The third-order valence-corrected chi connectivity index (χ3v) is 29.1. The van der Waals surface area contributed by atoms with E-state index in [-0.39, 0.29) is 5.41 Å². The molecule has 0 bridgehead atoms. The van der Waals surface area contributed by atoms with Crippen LogP contribution in [0, 0.1) is 0 Å². The first-order valence-corrected chi connectivity index (χ1v) is 50.6. The van der Waals surface area contributed by atoms with Crippen LogP contribution in [0.25, 0.3) is 199 Å². The molecule has 27 aromatic rings. The highest BCUT2D eigenvalue weighted by molar-refractivity contribution is 6.20. The van der Waals surface area contributed by atoms with Crippen LogP contribution in [-0.2, 0) is 5.41 Å². The summed E-state index contributed by atoms with van der Waals surface area (Å²) in [7, 11) is 0. The van der Waals surface area contributed by atoms with Crippen molar-refractivity contribution in [2.24, 2.45) is 0 Å². The van der Waals surface area contributed by atoms with Gasteiger partial charge in [0.05, 0.1) is 0 Å². The van der Waals surface area contributed by atoms with E-state index >= 15 is 0 Å². The minimum absolute atomic E-state index is 0.0978. The number of hydrogen-bond donors (Lipinski definition) is 0. The van der Waals surface area contributed by atoms with Crippen molar-refractivity contribution in [2.75, 3.05) is 14.7 Å². The Morgan fingerprint density at radius 1 is 0.168 bits per heavy atom. The van der Waals surface area contributed by atoms with Gasteiger partial charge in [0.2, 0.25) is 17.7 Å². The average Bonchev–Trinajstić information content (AvgIpc) is 1.60. The van der Waals surface area contributed by atoms with Crippen LogP contribution in [0.4, 0.5) is 51.2 Å². The number of oxazole rings is 3. The van der Waals surface area contributed by atoms with E-state index in [1.165, 1.54) is 66.6 Å². The zero-order valence-corrected chi connectivity index (χ0v) is 81.9. The average molecular weight is 1910 g/mol. The summed E-state index contributed by atoms with van der Waals surface area (Å²) in [6, 6.07) is 193. The summed E-state index contributed by atoms with van der Waals surface area (Å²) in [5, 5.41) is 11.3. The molecule has 28 rings (SSSR count). The molecule has 24 aromatic carbocycles. The van der Waals surface area contributed by atoms with Gasteiger partial charge >= 0.3 is 0 Å². The van der Waals surface area contributed by atoms with Gasteiger partial charge in [-0.15, -0.1) is 0 Å². The molecular weight excluding hydrogens is 1810 g/mol. The van der Waals surface area contributed by atoms with Crippen LogP contribution in [-0.4, -0.2) is 15.0 Å². The number of rotatable bonds is 18. The van der Waals surface area contributed by atoms with Gasteiger partial charge in [0, 0.05) is 89.5 Å². The summed E-state index contributed by atoms with van der Waals surface area (Å²) >= 11 is 0. The maximum absolute atomic E-state index is 6.46. The number of hydrogen-bond acceptors (Lipinski definition) is 9. The SMILES string of the molecule is CC1(C)c2ccccc2-c2ccc(N(c3ccc(-c4ccccc4)cc3)c3ccc(-c4ccc5c(ccc6ccc7nc(-c8ccccc8)oc7c65)c4)cc3)cc21.c1ccc(-c2ccc(N(c3ccccc3)c3ccc(-c4ccc5ccc6ccc7nc(-c8ccccc8)oc7c6c5c4)cc3)cc2)cc1.c1ccc(-c2ccc(N(c3ccccc3)c3ccc(-c4cccc5ccc6nc(-c7ccccc7)oc6c45)cc3)cc2)cc1. The molecule has 1 aliphatic carbocycles. The van der Waals surface area contributed by atoms with E-state index in [0.717, 1.165) is 177 Å². The largest absolute Gasteiger partial charge is 0.435 e. The molecule has 0 atom stereocenters. The molecule has 3 aromatic heterocycles. The van der Waals surface area contributed by atoms with Crippen molar-refractivity contribution >= 4 is 138 Å². The molecule has 0 saturated heterocycles. The van der Waals surface area contributed by atoms with Crippen molar-refractivity contribution in [2.45, 2.75) is 19.3 Å². The predicted molar refractivity (Wildman–Crippen MR) is 620 cm³/mol. The molecule has 0 unspecified atom stereocenters. The molecule has 3 heterocycles. The van der Waals surface area contributed by atoms with Crippen LogP contribution in [0.2, 0.25) is 0 Å². The van der Waals surface area contributed by atoms with Crippen molar-refractivity contribution in [1.82, 2.24) is 15.0 Å². The van der Waals surface area contributed by atoms with Crippen molar-refractivity contribution in [1.29, 1.82) is 0 Å². The quantitative estimate of drug-likeness (QED) is 0.0780. The Bertz CT molecular complexity index is 9590. The highest BCUT2D eigenvalue weighted by Gasteiger charge is 2.36. The van der Waals surface area contributed by atoms with E-state index in [2.05, 4.69) is 471 Å². The molecule has 0 radical (unpaired) electrons. The molecule has 0 spiro atoms. The molecule has 0 amide bonds. The van der Waals surface area contributed by atoms with Crippen molar-refractivity contribution in [3.8, 4) is 112 Å². The molecule has 1 aliphatic rings. The van der Waals surface area contributed by atoms with E-state index < -0.39 is 0 Å². The Labute approximate surface area is 863 Å². The standard InChI is InChI=1S/C54H38N2O.C45H30N2O.C41H28N2O/c1-54(2)48-16-10-9-15-46(48)47-31-29-44(34-49(47)54)56(42-25-19-36(20-26-42)35-11-5-3-6-12-35)43-27-21-37(22-28-43)40-23-30-45-41(33-40)18-17-38-24-32-50-52(51(38)45)57-53(55-50)39-13-7-4-8-14-39;1-4-10-31(11-5-1)32-20-25-39(26-21-32)47(38-14-8-3-9-15-38)40-27-22-33(23-28-40)37-19-17-34-16-18-35-24-29-42-44(43(35)41(34)30-37)48-45(46-42)36-12-6-2-7-13-36;1-4-11-29(12-5-1)30-19-24-35(25-20-30)43(34-16-8-3-9-17-34)36-26-21-31(22-27-36)37-18-10-15-32-23-28-38-40(39(32)37)44-41(42-38)33-13-6-2-7-14-33/h3-34H,1-2H3;1-30H;1-28H. The first-order chi connectivity index (χ1) is 73.6. The fraction of sp³-hybridized carbons (Fsp3) is 0.0214. The van der Waals surface area contributed by atoms with Crippen molar-refractivity contribution < 1.29 is 13.3 Å². The Kier molecular flexibility index (Phi) is 23.2. The molecule has 0 N–H and O–H groups in total. The molecule has 149 heavy (non-hydrogen) atoms. The summed E-state index contributed by atoms with van der Waals surface area (Å²) in [5.74, 6) is 1.91. The third kappa shape index (κ3) is 17.2. The predicted octanol–water partition coefficient (Wildman–Crippen LogP) is 39.0. The summed E-state index contributed by atoms with van der Waals surface area (Å²) in [6.07, 6.45) is 0. The summed E-state index contributed by atoms with van der Waals surface area (Å²) in [6.45, 7) is 4.69. The molecule has 0 aliphatic heterocycles. The maximum atomic E-state index is 6.46. The topological polar surface area (TPSA) is 87.8 Å². The van der Waals surface area contributed by atoms with Gasteiger partial charge in [-0.1, -0.05) is 384 Å². The van der Waals surface area contributed by atoms with Gasteiger partial charge in [0.15, 0.2) is 16.7 Å². The van der Waals surface area contributed by atoms with Gasteiger partial charge in [-0.05, 0) is 303 Å². The van der Waals surface area contributed by atoms with Crippen LogP contribution >= 0.6 is 0 Å². The maximum Gasteiger partial charge on any atom is 0.227 e. The molecular formula is C140H96N6O3. The lowest BCUT2D eigenvalue weighted by Gasteiger charge is -2.28. The fourth-order valence-corrected chi connectivity index (χ4v) is 21.5. The minimum Gasteiger partial charge on any atom is -0.435 e. The molecule has 704 valence electrons. The fourth-order valence-electron chi connectivity index (χ4n) is 21.5. The van der Waals surface area contributed by atoms with Crippen molar-refractivity contribution in [3.05, 3.63) is 557 Å². The van der Waals surface area contributed by atoms with Crippen LogP contribution in [0.15, 0.2) is 559 Å². The smallest absolute Gasteiger partial charge is 0.227 e. The van der Waals surface area contributed by atoms with Crippen molar-refractivity contribution in [3.63, 3.8) is 0 Å².